The van der Waals surface area contributed by atoms with E-state index in [1.807, 2.05) is 77.5 Å². The quantitative estimate of drug-likeness (QED) is 0.107. The van der Waals surface area contributed by atoms with Crippen molar-refractivity contribution in [1.29, 1.82) is 0 Å². The fraction of sp³-hybridized carbons (Fsp3) is 0.0556. The number of fused-ring (bicyclic) bond motifs is 7. The van der Waals surface area contributed by atoms with E-state index in [-0.39, 0.29) is 0 Å². The molecule has 0 spiro atoms. The van der Waals surface area contributed by atoms with Crippen LogP contribution in [-0.2, 0) is 18.2 Å². The van der Waals surface area contributed by atoms with E-state index in [0.717, 1.165) is 54.3 Å². The minimum atomic E-state index is -3.53. The van der Waals surface area contributed by atoms with Gasteiger partial charge in [0.25, 0.3) is 0 Å². The fourth-order valence-electron chi connectivity index (χ4n) is 9.55. The van der Waals surface area contributed by atoms with Gasteiger partial charge in [0.15, 0.2) is 8.07 Å². The third kappa shape index (κ3) is 5.58. The van der Waals surface area contributed by atoms with Crippen LogP contribution in [0, 0.1) is 0 Å². The van der Waals surface area contributed by atoms with Crippen molar-refractivity contribution in [3.05, 3.63) is 232 Å². The molecular formula is C54H39N3OS2Si. The topological polar surface area (TPSA) is 31.5 Å². The van der Waals surface area contributed by atoms with Gasteiger partial charge in [0, 0.05) is 37.5 Å². The van der Waals surface area contributed by atoms with Crippen molar-refractivity contribution >= 4 is 79.3 Å². The Hall–Kier alpha value is -6.77. The van der Waals surface area contributed by atoms with Gasteiger partial charge >= 0.3 is 0 Å². The maximum absolute atomic E-state index is 10.4. The van der Waals surface area contributed by atoms with Crippen LogP contribution in [0.4, 0.5) is 0 Å². The summed E-state index contributed by atoms with van der Waals surface area (Å²) in [4.78, 5) is 6.10. The first kappa shape index (κ1) is 32.1. The van der Waals surface area contributed by atoms with E-state index >= 15 is 0 Å². The summed E-state index contributed by atoms with van der Waals surface area (Å²) in [5, 5.41) is 7.90. The summed E-state index contributed by atoms with van der Waals surface area (Å²) >= 11 is 2.62. The van der Waals surface area contributed by atoms with Gasteiger partial charge in [-0.2, -0.15) is 0 Å². The van der Waals surface area contributed by atoms with Crippen LogP contribution in [0.2, 0.25) is 0 Å². The second-order valence-corrected chi connectivity index (χ2v) is 21.0. The Kier molecular flexibility index (Phi) is 7.60. The average molecular weight is 842 g/mol. The molecule has 7 heteroatoms. The molecule has 12 rings (SSSR count). The van der Waals surface area contributed by atoms with Crippen molar-refractivity contribution in [1.82, 2.24) is 14.0 Å². The molecule has 0 amide bonds. The summed E-state index contributed by atoms with van der Waals surface area (Å²) in [6, 6.07) is 67.5. The first-order valence-corrected chi connectivity index (χ1v) is 24.1. The Balaban J connectivity index is 1.22. The SMILES string of the molecule is [2H]C([2H])(c1cccs1)C1(C([2H])([2H])c2cccs2)c2ccccc2Oc2c1cccc2[Si](c1ccccc1)(c1ccccc1)c1cccc(-n2c3ccccc3n3c4ccccc4nc23)c1. The molecule has 0 fully saturated rings. The molecule has 0 radical (unpaired) electrons. The molecule has 11 aromatic rings. The number of para-hydroxylation sites is 6. The van der Waals surface area contributed by atoms with E-state index in [2.05, 4.69) is 130 Å². The Morgan fingerprint density at radius 2 is 1.13 bits per heavy atom. The van der Waals surface area contributed by atoms with E-state index in [1.54, 1.807) is 12.1 Å². The minimum Gasteiger partial charge on any atom is -0.457 e. The van der Waals surface area contributed by atoms with Crippen molar-refractivity contribution < 1.29 is 10.2 Å². The van der Waals surface area contributed by atoms with Crippen LogP contribution in [0.1, 0.15) is 26.4 Å². The Morgan fingerprint density at radius 3 is 1.84 bits per heavy atom. The second kappa shape index (κ2) is 14.5. The van der Waals surface area contributed by atoms with Crippen molar-refractivity contribution in [3.8, 4) is 17.2 Å². The van der Waals surface area contributed by atoms with Gasteiger partial charge in [0.05, 0.1) is 22.1 Å². The van der Waals surface area contributed by atoms with Crippen LogP contribution in [0.25, 0.3) is 33.5 Å². The molecule has 1 aliphatic heterocycles. The van der Waals surface area contributed by atoms with Crippen molar-refractivity contribution in [2.24, 2.45) is 0 Å². The molecule has 0 unspecified atom stereocenters. The zero-order valence-electron chi connectivity index (χ0n) is 36.8. The highest BCUT2D eigenvalue weighted by Gasteiger charge is 2.49. The van der Waals surface area contributed by atoms with Gasteiger partial charge in [-0.1, -0.05) is 146 Å². The molecular weight excluding hydrogens is 799 g/mol. The van der Waals surface area contributed by atoms with E-state index in [1.165, 1.54) is 22.7 Å². The Morgan fingerprint density at radius 1 is 0.541 bits per heavy atom. The molecule has 0 N–H and O–H groups in total. The van der Waals surface area contributed by atoms with Crippen LogP contribution < -0.4 is 25.5 Å². The Labute approximate surface area is 368 Å². The number of hydrogen-bond acceptors (Lipinski definition) is 4. The van der Waals surface area contributed by atoms with E-state index in [9.17, 15) is 5.48 Å². The molecule has 0 atom stereocenters. The zero-order valence-corrected chi connectivity index (χ0v) is 35.4. The van der Waals surface area contributed by atoms with Crippen molar-refractivity contribution in [2.45, 2.75) is 18.2 Å². The molecule has 1 aliphatic rings. The maximum atomic E-state index is 10.4. The third-order valence-electron chi connectivity index (χ3n) is 12.0. The number of ether oxygens (including phenoxy) is 1. The van der Waals surface area contributed by atoms with Crippen molar-refractivity contribution in [2.75, 3.05) is 0 Å². The van der Waals surface area contributed by atoms with Crippen LogP contribution >= 0.6 is 22.7 Å². The normalized spacial score (nSPS) is 14.8. The smallest absolute Gasteiger partial charge is 0.220 e. The van der Waals surface area contributed by atoms with Crippen LogP contribution in [0.3, 0.4) is 0 Å². The number of benzene rings is 7. The van der Waals surface area contributed by atoms with E-state index in [4.69, 9.17) is 9.72 Å². The van der Waals surface area contributed by atoms with Gasteiger partial charge in [0.2, 0.25) is 5.78 Å². The van der Waals surface area contributed by atoms with E-state index in [0.29, 0.717) is 32.4 Å². The predicted octanol–water partition coefficient (Wildman–Crippen LogP) is 10.8. The third-order valence-corrected chi connectivity index (χ3v) is 18.4. The van der Waals surface area contributed by atoms with Gasteiger partial charge in [-0.05, 0) is 98.9 Å². The minimum absolute atomic E-state index is 0.429. The summed E-state index contributed by atoms with van der Waals surface area (Å²) < 4.78 is 53.5. The molecule has 0 saturated carbocycles. The molecule has 61 heavy (non-hydrogen) atoms. The van der Waals surface area contributed by atoms with Gasteiger partial charge in [-0.25, -0.2) is 4.98 Å². The lowest BCUT2D eigenvalue weighted by atomic mass is 9.67. The van der Waals surface area contributed by atoms with E-state index < -0.39 is 26.2 Å². The highest BCUT2D eigenvalue weighted by atomic mass is 32.1. The fourth-order valence-corrected chi connectivity index (χ4v) is 15.8. The van der Waals surface area contributed by atoms with Gasteiger partial charge in [-0.3, -0.25) is 8.97 Å². The maximum Gasteiger partial charge on any atom is 0.220 e. The number of thiophene rings is 2. The van der Waals surface area contributed by atoms with Gasteiger partial charge in [-0.15, -0.1) is 22.7 Å². The lowest BCUT2D eigenvalue weighted by Gasteiger charge is -2.43. The van der Waals surface area contributed by atoms with Crippen molar-refractivity contribution in [3.63, 3.8) is 0 Å². The first-order chi connectivity index (χ1) is 31.8. The standard InChI is InChI=1S/C54H39N3OS2Si/c1-3-20-41(21-4-1)61(42-22-5-2-6-23-42,43-24-13-17-38(35-43)56-48-29-10-11-30-49(48)57-47-28-9-8-27-46(47)55-53(56)57)51-32-14-26-45-52(51)58-50-31-12-7-25-44(50)54(45,36-39-18-15-33-59-39)37-40-19-16-34-60-40/h1-35H,36-37H2/i36D2,37D2. The summed E-state index contributed by atoms with van der Waals surface area (Å²) in [7, 11) is -3.53. The van der Waals surface area contributed by atoms with Crippen LogP contribution in [-0.4, -0.2) is 22.0 Å². The predicted molar refractivity (Wildman–Crippen MR) is 256 cm³/mol. The number of hydrogen-bond donors (Lipinski definition) is 0. The lowest BCUT2D eigenvalue weighted by Crippen LogP contribution is -2.75. The van der Waals surface area contributed by atoms with Gasteiger partial charge < -0.3 is 4.74 Å². The van der Waals surface area contributed by atoms with Crippen LogP contribution in [0.5, 0.6) is 11.5 Å². The average Bonchev–Trinajstić information content (AvgIpc) is 4.19. The molecule has 4 aromatic heterocycles. The van der Waals surface area contributed by atoms with Crippen LogP contribution in [0.15, 0.2) is 211 Å². The second-order valence-electron chi connectivity index (χ2n) is 15.3. The zero-order chi connectivity index (χ0) is 44.0. The largest absolute Gasteiger partial charge is 0.457 e. The monoisotopic (exact) mass is 841 g/mol. The van der Waals surface area contributed by atoms with Gasteiger partial charge in [0.1, 0.15) is 11.5 Å². The first-order valence-electron chi connectivity index (χ1n) is 22.4. The summed E-state index contributed by atoms with van der Waals surface area (Å²) in [5.41, 5.74) is 3.99. The summed E-state index contributed by atoms with van der Waals surface area (Å²) in [5.74, 6) is 1.72. The number of rotatable bonds is 9. The number of nitrogens with zero attached hydrogens (tertiary/aromatic N) is 3. The number of aromatic nitrogens is 3. The summed E-state index contributed by atoms with van der Waals surface area (Å²) in [6.07, 6.45) is -4.53. The lowest BCUT2D eigenvalue weighted by molar-refractivity contribution is 0.390. The molecule has 0 saturated heterocycles. The molecule has 0 aliphatic carbocycles. The number of imidazole rings is 2. The Bertz CT molecular complexity index is 3470. The highest BCUT2D eigenvalue weighted by molar-refractivity contribution is 7.20. The summed E-state index contributed by atoms with van der Waals surface area (Å²) in [6.45, 7) is 0. The molecule has 292 valence electrons. The molecule has 7 aromatic carbocycles. The highest BCUT2D eigenvalue weighted by Crippen LogP contribution is 2.52. The molecule has 5 heterocycles. The molecule has 4 nitrogen and oxygen atoms in total. The molecule has 0 bridgehead atoms.